The minimum Gasteiger partial charge on any atom is -0.342 e. The Morgan fingerprint density at radius 1 is 1.11 bits per heavy atom. The topological polar surface area (TPSA) is 59.8 Å². The molecule has 27 heavy (non-hydrogen) atoms. The predicted molar refractivity (Wildman–Crippen MR) is 93.8 cm³/mol. The number of alkyl halides is 3. The van der Waals surface area contributed by atoms with E-state index in [0.29, 0.717) is 22.5 Å². The van der Waals surface area contributed by atoms with E-state index >= 15 is 0 Å². The second kappa shape index (κ2) is 7.22. The van der Waals surface area contributed by atoms with Crippen LogP contribution in [0, 0.1) is 0 Å². The number of nitrogens with zero attached hydrogens (tertiary/aromatic N) is 3. The Labute approximate surface area is 153 Å². The van der Waals surface area contributed by atoms with Gasteiger partial charge in [0.1, 0.15) is 6.33 Å². The molecule has 0 spiro atoms. The zero-order chi connectivity index (χ0) is 19.6. The first-order valence-corrected chi connectivity index (χ1v) is 8.19. The lowest BCUT2D eigenvalue weighted by Gasteiger charge is -2.14. The third-order valence-corrected chi connectivity index (χ3v) is 4.05. The summed E-state index contributed by atoms with van der Waals surface area (Å²) in [5, 5.41) is 6.97. The molecular formula is C19H17F3N4O. The lowest BCUT2D eigenvalue weighted by Crippen LogP contribution is -2.28. The molecule has 5 nitrogen and oxygen atoms in total. The summed E-state index contributed by atoms with van der Waals surface area (Å²) in [5.74, 6) is 0.114. The Balaban J connectivity index is 1.86. The number of hydrogen-bond acceptors (Lipinski definition) is 3. The standard InChI is InChI=1S/C19H17F3N4O/c1-12(17-23-11-26(2)25-17)24-18(27)16-6-4-3-5-15(16)13-7-9-14(10-8-13)19(20,21)22/h3-12H,1-2H3,(H,24,27). The second-order valence-corrected chi connectivity index (χ2v) is 6.09. The lowest BCUT2D eigenvalue weighted by atomic mass is 9.98. The first-order chi connectivity index (χ1) is 12.8. The van der Waals surface area contributed by atoms with Crippen molar-refractivity contribution in [1.29, 1.82) is 0 Å². The number of halogens is 3. The van der Waals surface area contributed by atoms with Crippen LogP contribution in [0.2, 0.25) is 0 Å². The quantitative estimate of drug-likeness (QED) is 0.751. The minimum atomic E-state index is -4.40. The van der Waals surface area contributed by atoms with Gasteiger partial charge in [-0.05, 0) is 36.2 Å². The molecule has 0 radical (unpaired) electrons. The van der Waals surface area contributed by atoms with Crippen molar-refractivity contribution < 1.29 is 18.0 Å². The van der Waals surface area contributed by atoms with Crippen LogP contribution in [0.15, 0.2) is 54.9 Å². The minimum absolute atomic E-state index is 0.356. The highest BCUT2D eigenvalue weighted by Crippen LogP contribution is 2.32. The number of aromatic nitrogens is 3. The molecule has 0 aliphatic heterocycles. The molecular weight excluding hydrogens is 357 g/mol. The van der Waals surface area contributed by atoms with Gasteiger partial charge in [-0.1, -0.05) is 30.3 Å². The number of aryl methyl sites for hydroxylation is 1. The number of amides is 1. The largest absolute Gasteiger partial charge is 0.416 e. The van der Waals surface area contributed by atoms with E-state index in [9.17, 15) is 18.0 Å². The Kier molecular flexibility index (Phi) is 4.98. The van der Waals surface area contributed by atoms with E-state index in [4.69, 9.17) is 0 Å². The molecule has 1 heterocycles. The fourth-order valence-corrected chi connectivity index (χ4v) is 2.66. The van der Waals surface area contributed by atoms with Crippen molar-refractivity contribution in [3.8, 4) is 11.1 Å². The van der Waals surface area contributed by atoms with Gasteiger partial charge in [0.15, 0.2) is 5.82 Å². The third kappa shape index (κ3) is 4.16. The SMILES string of the molecule is CC(NC(=O)c1ccccc1-c1ccc(C(F)(F)F)cc1)c1ncn(C)n1. The van der Waals surface area contributed by atoms with Crippen molar-refractivity contribution in [2.24, 2.45) is 7.05 Å². The average molecular weight is 374 g/mol. The highest BCUT2D eigenvalue weighted by molar-refractivity contribution is 6.01. The molecule has 0 aliphatic carbocycles. The van der Waals surface area contributed by atoms with Crippen LogP contribution in [-0.2, 0) is 13.2 Å². The summed E-state index contributed by atoms with van der Waals surface area (Å²) in [6.07, 6.45) is -2.87. The fourth-order valence-electron chi connectivity index (χ4n) is 2.66. The number of nitrogens with one attached hydrogen (secondary N) is 1. The van der Waals surface area contributed by atoms with Gasteiger partial charge in [0, 0.05) is 12.6 Å². The van der Waals surface area contributed by atoms with E-state index in [2.05, 4.69) is 15.4 Å². The number of rotatable bonds is 4. The number of benzene rings is 2. The highest BCUT2D eigenvalue weighted by atomic mass is 19.4. The summed E-state index contributed by atoms with van der Waals surface area (Å²) >= 11 is 0. The van der Waals surface area contributed by atoms with Gasteiger partial charge in [-0.15, -0.1) is 0 Å². The third-order valence-electron chi connectivity index (χ3n) is 4.05. The van der Waals surface area contributed by atoms with Crippen LogP contribution in [0.5, 0.6) is 0 Å². The van der Waals surface area contributed by atoms with Crippen LogP contribution in [-0.4, -0.2) is 20.7 Å². The smallest absolute Gasteiger partial charge is 0.342 e. The van der Waals surface area contributed by atoms with Gasteiger partial charge >= 0.3 is 6.18 Å². The first kappa shape index (κ1) is 18.6. The number of carbonyl (C=O) groups excluding carboxylic acids is 1. The molecule has 1 amide bonds. The highest BCUT2D eigenvalue weighted by Gasteiger charge is 2.30. The van der Waals surface area contributed by atoms with Gasteiger partial charge in [-0.3, -0.25) is 9.48 Å². The van der Waals surface area contributed by atoms with Gasteiger partial charge in [0.05, 0.1) is 11.6 Å². The molecule has 0 fully saturated rings. The zero-order valence-electron chi connectivity index (χ0n) is 14.7. The van der Waals surface area contributed by atoms with Crippen LogP contribution in [0.4, 0.5) is 13.2 Å². The normalized spacial score (nSPS) is 12.6. The second-order valence-electron chi connectivity index (χ2n) is 6.09. The van der Waals surface area contributed by atoms with E-state index < -0.39 is 17.8 Å². The van der Waals surface area contributed by atoms with Gasteiger partial charge in [-0.2, -0.15) is 18.3 Å². The van der Waals surface area contributed by atoms with Gasteiger partial charge in [-0.25, -0.2) is 4.98 Å². The molecule has 140 valence electrons. The summed E-state index contributed by atoms with van der Waals surface area (Å²) in [7, 11) is 1.73. The molecule has 2 aromatic carbocycles. The number of carbonyl (C=O) groups is 1. The van der Waals surface area contributed by atoms with Crippen LogP contribution in [0.25, 0.3) is 11.1 Å². The molecule has 1 atom stereocenters. The lowest BCUT2D eigenvalue weighted by molar-refractivity contribution is -0.137. The summed E-state index contributed by atoms with van der Waals surface area (Å²) < 4.78 is 39.8. The molecule has 8 heteroatoms. The summed E-state index contributed by atoms with van der Waals surface area (Å²) in [5.41, 5.74) is 0.699. The summed E-state index contributed by atoms with van der Waals surface area (Å²) in [6, 6.07) is 11.1. The van der Waals surface area contributed by atoms with Crippen molar-refractivity contribution >= 4 is 5.91 Å². The Morgan fingerprint density at radius 2 is 1.78 bits per heavy atom. The molecule has 3 aromatic rings. The summed E-state index contributed by atoms with van der Waals surface area (Å²) in [4.78, 5) is 16.8. The maximum absolute atomic E-state index is 12.8. The summed E-state index contributed by atoms with van der Waals surface area (Å²) in [6.45, 7) is 1.76. The predicted octanol–water partition coefficient (Wildman–Crippen LogP) is 3.99. The van der Waals surface area contributed by atoms with E-state index in [0.717, 1.165) is 12.1 Å². The maximum atomic E-state index is 12.8. The molecule has 1 unspecified atom stereocenters. The van der Waals surface area contributed by atoms with E-state index in [-0.39, 0.29) is 5.91 Å². The van der Waals surface area contributed by atoms with Crippen molar-refractivity contribution in [2.75, 3.05) is 0 Å². The van der Waals surface area contributed by atoms with Crippen LogP contribution >= 0.6 is 0 Å². The van der Waals surface area contributed by atoms with Crippen molar-refractivity contribution in [3.63, 3.8) is 0 Å². The molecule has 0 aliphatic rings. The molecule has 3 rings (SSSR count). The zero-order valence-corrected chi connectivity index (χ0v) is 14.7. The van der Waals surface area contributed by atoms with Crippen molar-refractivity contribution in [2.45, 2.75) is 19.1 Å². The van der Waals surface area contributed by atoms with E-state index in [1.54, 1.807) is 38.2 Å². The van der Waals surface area contributed by atoms with E-state index in [1.807, 2.05) is 0 Å². The average Bonchev–Trinajstić information content (AvgIpc) is 3.07. The monoisotopic (exact) mass is 374 g/mol. The molecule has 1 N–H and O–H groups in total. The Bertz CT molecular complexity index is 948. The Morgan fingerprint density at radius 3 is 2.37 bits per heavy atom. The van der Waals surface area contributed by atoms with Gasteiger partial charge < -0.3 is 5.32 Å². The van der Waals surface area contributed by atoms with Crippen LogP contribution in [0.3, 0.4) is 0 Å². The first-order valence-electron chi connectivity index (χ1n) is 8.19. The van der Waals surface area contributed by atoms with Crippen molar-refractivity contribution in [1.82, 2.24) is 20.1 Å². The van der Waals surface area contributed by atoms with E-state index in [1.165, 1.54) is 23.1 Å². The molecule has 0 saturated carbocycles. The Hall–Kier alpha value is -3.16. The van der Waals surface area contributed by atoms with Crippen LogP contribution < -0.4 is 5.32 Å². The molecule has 1 aromatic heterocycles. The van der Waals surface area contributed by atoms with Gasteiger partial charge in [0.2, 0.25) is 0 Å². The molecule has 0 saturated heterocycles. The molecule has 0 bridgehead atoms. The van der Waals surface area contributed by atoms with Crippen LogP contribution in [0.1, 0.15) is 34.7 Å². The maximum Gasteiger partial charge on any atom is 0.416 e. The van der Waals surface area contributed by atoms with Crippen molar-refractivity contribution in [3.05, 3.63) is 71.8 Å². The fraction of sp³-hybridized carbons (Fsp3) is 0.211. The number of hydrogen-bond donors (Lipinski definition) is 1. The van der Waals surface area contributed by atoms with Gasteiger partial charge in [0.25, 0.3) is 5.91 Å².